The second-order valence-electron chi connectivity index (χ2n) is 7.29. The number of carbonyl (C=O) groups is 1. The molecule has 140 valence electrons. The molecule has 27 heavy (non-hydrogen) atoms. The lowest BCUT2D eigenvalue weighted by Crippen LogP contribution is -2.38. The number of hydrogen-bond acceptors (Lipinski definition) is 5. The number of aromatic nitrogens is 5. The molecule has 0 atom stereocenters. The largest absolute Gasteiger partial charge is 0.337 e. The van der Waals surface area contributed by atoms with Crippen LogP contribution in [0.4, 0.5) is 0 Å². The maximum Gasteiger partial charge on any atom is 0.274 e. The van der Waals surface area contributed by atoms with E-state index in [9.17, 15) is 4.79 Å². The number of pyridine rings is 1. The third-order valence-electron chi connectivity index (χ3n) is 5.62. The van der Waals surface area contributed by atoms with E-state index in [1.54, 1.807) is 0 Å². The molecule has 0 aliphatic carbocycles. The highest BCUT2D eigenvalue weighted by Crippen LogP contribution is 2.27. The molecule has 8 nitrogen and oxygen atoms in total. The van der Waals surface area contributed by atoms with Crippen LogP contribution < -0.4 is 5.32 Å². The molecule has 0 radical (unpaired) electrons. The number of piperidine rings is 1. The first-order chi connectivity index (χ1) is 13.3. The molecule has 3 aromatic heterocycles. The molecule has 8 heteroatoms. The van der Waals surface area contributed by atoms with Gasteiger partial charge >= 0.3 is 0 Å². The van der Waals surface area contributed by atoms with Crippen LogP contribution in [0.1, 0.15) is 40.9 Å². The Morgan fingerprint density at radius 3 is 2.89 bits per heavy atom. The first kappa shape index (κ1) is 16.4. The van der Waals surface area contributed by atoms with Crippen LogP contribution in [-0.4, -0.2) is 61.1 Å². The van der Waals surface area contributed by atoms with Crippen molar-refractivity contribution in [2.24, 2.45) is 0 Å². The highest BCUT2D eigenvalue weighted by atomic mass is 16.2. The van der Waals surface area contributed by atoms with Gasteiger partial charge in [-0.2, -0.15) is 0 Å². The SMILES string of the molecule is O=C(c1cn2c(n1)CCNCC2)N1CCC(c2nnc3ccccn23)CC1. The molecular weight excluding hydrogens is 342 g/mol. The summed E-state index contributed by atoms with van der Waals surface area (Å²) < 4.78 is 4.17. The highest BCUT2D eigenvalue weighted by molar-refractivity contribution is 5.92. The zero-order valence-electron chi connectivity index (χ0n) is 15.2. The van der Waals surface area contributed by atoms with E-state index >= 15 is 0 Å². The molecule has 0 spiro atoms. The molecule has 0 bridgehead atoms. The highest BCUT2D eigenvalue weighted by Gasteiger charge is 2.28. The fourth-order valence-electron chi connectivity index (χ4n) is 4.12. The minimum atomic E-state index is 0.0492. The molecule has 0 unspecified atom stereocenters. The van der Waals surface area contributed by atoms with Crippen LogP contribution in [0, 0.1) is 0 Å². The van der Waals surface area contributed by atoms with Crippen LogP contribution >= 0.6 is 0 Å². The summed E-state index contributed by atoms with van der Waals surface area (Å²) in [5.74, 6) is 2.39. The average Bonchev–Trinajstić information content (AvgIpc) is 3.26. The lowest BCUT2D eigenvalue weighted by atomic mass is 9.96. The zero-order chi connectivity index (χ0) is 18.2. The minimum absolute atomic E-state index is 0.0492. The first-order valence-electron chi connectivity index (χ1n) is 9.65. The lowest BCUT2D eigenvalue weighted by molar-refractivity contribution is 0.0705. The Bertz CT molecular complexity index is 944. The van der Waals surface area contributed by atoms with E-state index in [1.807, 2.05) is 35.5 Å². The fraction of sp³-hybridized carbons (Fsp3) is 0.474. The third kappa shape index (κ3) is 2.99. The van der Waals surface area contributed by atoms with E-state index in [-0.39, 0.29) is 5.91 Å². The van der Waals surface area contributed by atoms with Crippen LogP contribution in [0.2, 0.25) is 0 Å². The fourth-order valence-corrected chi connectivity index (χ4v) is 4.12. The Kier molecular flexibility index (Phi) is 4.12. The first-order valence-corrected chi connectivity index (χ1v) is 9.65. The van der Waals surface area contributed by atoms with Crippen molar-refractivity contribution in [2.75, 3.05) is 26.2 Å². The van der Waals surface area contributed by atoms with E-state index in [0.717, 1.165) is 69.3 Å². The number of nitrogens with zero attached hydrogens (tertiary/aromatic N) is 6. The van der Waals surface area contributed by atoms with Gasteiger partial charge in [0.05, 0.1) is 0 Å². The van der Waals surface area contributed by atoms with Crippen LogP contribution in [0.25, 0.3) is 5.65 Å². The van der Waals surface area contributed by atoms with Crippen LogP contribution in [0.5, 0.6) is 0 Å². The standard InChI is InChI=1S/C19H23N7O/c27-19(15-13-25-12-8-20-7-4-16(25)21-15)24-10-5-14(6-11-24)18-23-22-17-3-1-2-9-26(17)18/h1-3,9,13-14,20H,4-8,10-12H2. The monoisotopic (exact) mass is 365 g/mol. The van der Waals surface area contributed by atoms with Crippen molar-refractivity contribution in [1.29, 1.82) is 0 Å². The smallest absolute Gasteiger partial charge is 0.274 e. The van der Waals surface area contributed by atoms with Gasteiger partial charge in [0.1, 0.15) is 17.3 Å². The molecule has 1 amide bonds. The van der Waals surface area contributed by atoms with Crippen molar-refractivity contribution in [3.8, 4) is 0 Å². The van der Waals surface area contributed by atoms with Crippen LogP contribution in [0.15, 0.2) is 30.6 Å². The van der Waals surface area contributed by atoms with Gasteiger partial charge in [-0.25, -0.2) is 4.98 Å². The summed E-state index contributed by atoms with van der Waals surface area (Å²) in [6.45, 7) is 4.18. The molecule has 2 aliphatic heterocycles. The van der Waals surface area contributed by atoms with Crippen molar-refractivity contribution >= 4 is 11.6 Å². The lowest BCUT2D eigenvalue weighted by Gasteiger charge is -2.30. The van der Waals surface area contributed by atoms with Crippen molar-refractivity contribution in [3.63, 3.8) is 0 Å². The Hall–Kier alpha value is -2.74. The van der Waals surface area contributed by atoms with E-state index in [2.05, 4.69) is 29.5 Å². The summed E-state index contributed by atoms with van der Waals surface area (Å²) in [5, 5.41) is 12.0. The van der Waals surface area contributed by atoms with Gasteiger partial charge in [-0.1, -0.05) is 6.07 Å². The van der Waals surface area contributed by atoms with Gasteiger partial charge in [0.2, 0.25) is 0 Å². The predicted octanol–water partition coefficient (Wildman–Crippen LogP) is 1.09. The molecule has 1 N–H and O–H groups in total. The van der Waals surface area contributed by atoms with Crippen LogP contribution in [0.3, 0.4) is 0 Å². The Morgan fingerprint density at radius 1 is 1.11 bits per heavy atom. The number of nitrogens with one attached hydrogen (secondary N) is 1. The number of carbonyl (C=O) groups excluding carboxylic acids is 1. The molecule has 2 aliphatic rings. The van der Waals surface area contributed by atoms with E-state index in [4.69, 9.17) is 0 Å². The summed E-state index contributed by atoms with van der Waals surface area (Å²) >= 11 is 0. The van der Waals surface area contributed by atoms with Crippen molar-refractivity contribution < 1.29 is 4.79 Å². The number of likely N-dealkylation sites (tertiary alicyclic amines) is 1. The summed E-state index contributed by atoms with van der Waals surface area (Å²) in [4.78, 5) is 19.4. The summed E-state index contributed by atoms with van der Waals surface area (Å²) in [6.07, 6.45) is 6.60. The summed E-state index contributed by atoms with van der Waals surface area (Å²) in [6, 6.07) is 5.93. The number of amides is 1. The Balaban J connectivity index is 1.28. The van der Waals surface area contributed by atoms with Crippen molar-refractivity contribution in [3.05, 3.63) is 47.9 Å². The van der Waals surface area contributed by atoms with Gasteiger partial charge < -0.3 is 14.8 Å². The minimum Gasteiger partial charge on any atom is -0.337 e. The van der Waals surface area contributed by atoms with Crippen molar-refractivity contribution in [2.45, 2.75) is 31.7 Å². The molecule has 0 saturated carbocycles. The number of hydrogen-bond donors (Lipinski definition) is 1. The zero-order valence-corrected chi connectivity index (χ0v) is 15.2. The molecule has 1 saturated heterocycles. The topological polar surface area (TPSA) is 80.3 Å². The van der Waals surface area contributed by atoms with E-state index in [0.29, 0.717) is 11.6 Å². The van der Waals surface area contributed by atoms with Gasteiger partial charge in [-0.05, 0) is 25.0 Å². The van der Waals surface area contributed by atoms with Gasteiger partial charge in [0, 0.05) is 57.5 Å². The van der Waals surface area contributed by atoms with Crippen molar-refractivity contribution in [1.82, 2.24) is 34.4 Å². The molecule has 5 heterocycles. The maximum absolute atomic E-state index is 12.9. The average molecular weight is 365 g/mol. The Labute approximate surface area is 157 Å². The maximum atomic E-state index is 12.9. The van der Waals surface area contributed by atoms with Gasteiger partial charge in [-0.15, -0.1) is 10.2 Å². The second kappa shape index (κ2) is 6.77. The summed E-state index contributed by atoms with van der Waals surface area (Å²) in [7, 11) is 0. The molecule has 3 aromatic rings. The molecule has 1 fully saturated rings. The van der Waals surface area contributed by atoms with Gasteiger partial charge in [-0.3, -0.25) is 9.20 Å². The number of rotatable bonds is 2. The van der Waals surface area contributed by atoms with Gasteiger partial charge in [0.15, 0.2) is 5.65 Å². The number of fused-ring (bicyclic) bond motifs is 2. The van der Waals surface area contributed by atoms with E-state index in [1.165, 1.54) is 0 Å². The van der Waals surface area contributed by atoms with Crippen LogP contribution in [-0.2, 0) is 13.0 Å². The second-order valence-corrected chi connectivity index (χ2v) is 7.29. The normalized spacial score (nSPS) is 18.4. The number of imidazole rings is 1. The molecule has 5 rings (SSSR count). The summed E-state index contributed by atoms with van der Waals surface area (Å²) in [5.41, 5.74) is 1.46. The quantitative estimate of drug-likeness (QED) is 0.735. The third-order valence-corrected chi connectivity index (χ3v) is 5.62. The molecular formula is C19H23N7O. The van der Waals surface area contributed by atoms with E-state index < -0.39 is 0 Å². The predicted molar refractivity (Wildman–Crippen MR) is 99.7 cm³/mol. The Morgan fingerprint density at radius 2 is 2.00 bits per heavy atom. The van der Waals surface area contributed by atoms with Gasteiger partial charge in [0.25, 0.3) is 5.91 Å². The molecule has 0 aromatic carbocycles.